The van der Waals surface area contributed by atoms with Gasteiger partial charge in [0.05, 0.1) is 17.2 Å². The molecule has 0 spiro atoms. The van der Waals surface area contributed by atoms with Gasteiger partial charge in [0.1, 0.15) is 0 Å². The van der Waals surface area contributed by atoms with E-state index in [1.165, 1.54) is 5.38 Å². The molecule has 1 aliphatic carbocycles. The summed E-state index contributed by atoms with van der Waals surface area (Å²) in [4.78, 5) is 20.4. The molecule has 0 radical (unpaired) electrons. The van der Waals surface area contributed by atoms with Crippen LogP contribution in [0.2, 0.25) is 0 Å². The molecule has 1 saturated carbocycles. The molecule has 0 bridgehead atoms. The Labute approximate surface area is 128 Å². The number of rotatable bonds is 4. The van der Waals surface area contributed by atoms with E-state index in [0.29, 0.717) is 5.82 Å². The van der Waals surface area contributed by atoms with Gasteiger partial charge in [0, 0.05) is 23.2 Å². The SMILES string of the molecule is O=C(NC(c1ncccn1)C1CC1)c1cscc1C(F)(F)F. The van der Waals surface area contributed by atoms with Crippen molar-refractivity contribution in [3.05, 3.63) is 46.2 Å². The normalized spacial score (nSPS) is 16.3. The van der Waals surface area contributed by atoms with Crippen molar-refractivity contribution in [2.45, 2.75) is 25.1 Å². The molecule has 4 nitrogen and oxygen atoms in total. The lowest BCUT2D eigenvalue weighted by Gasteiger charge is -2.17. The van der Waals surface area contributed by atoms with Gasteiger partial charge in [-0.25, -0.2) is 9.97 Å². The summed E-state index contributed by atoms with van der Waals surface area (Å²) in [5.74, 6) is -0.126. The predicted octanol–water partition coefficient (Wildman–Crippen LogP) is 3.44. The Bertz CT molecular complexity index is 667. The molecule has 0 saturated heterocycles. The molecule has 3 rings (SSSR count). The number of nitrogens with one attached hydrogen (secondary N) is 1. The summed E-state index contributed by atoms with van der Waals surface area (Å²) in [6.07, 6.45) is 0.369. The van der Waals surface area contributed by atoms with Crippen LogP contribution in [0, 0.1) is 5.92 Å². The fourth-order valence-corrected chi connectivity index (χ4v) is 3.04. The van der Waals surface area contributed by atoms with E-state index in [1.807, 2.05) is 0 Å². The first kappa shape index (κ1) is 15.0. The first-order valence-electron chi connectivity index (χ1n) is 6.68. The third-order valence-electron chi connectivity index (χ3n) is 3.46. The van der Waals surface area contributed by atoms with E-state index in [9.17, 15) is 18.0 Å². The molecule has 22 heavy (non-hydrogen) atoms. The van der Waals surface area contributed by atoms with Gasteiger partial charge in [0.15, 0.2) is 5.82 Å². The Morgan fingerprint density at radius 1 is 1.27 bits per heavy atom. The molecule has 8 heteroatoms. The van der Waals surface area contributed by atoms with E-state index in [2.05, 4.69) is 15.3 Å². The van der Waals surface area contributed by atoms with Crippen molar-refractivity contribution in [1.29, 1.82) is 0 Å². The van der Waals surface area contributed by atoms with Gasteiger partial charge < -0.3 is 5.32 Å². The summed E-state index contributed by atoms with van der Waals surface area (Å²) in [6.45, 7) is 0. The molecule has 1 fully saturated rings. The first-order chi connectivity index (χ1) is 10.5. The van der Waals surface area contributed by atoms with Crippen LogP contribution < -0.4 is 5.32 Å². The van der Waals surface area contributed by atoms with Crippen LogP contribution in [0.15, 0.2) is 29.2 Å². The maximum Gasteiger partial charge on any atom is 0.417 e. The number of carbonyl (C=O) groups excluding carboxylic acids is 1. The second kappa shape index (κ2) is 5.68. The van der Waals surface area contributed by atoms with Crippen molar-refractivity contribution in [2.24, 2.45) is 5.92 Å². The summed E-state index contributed by atoms with van der Waals surface area (Å²) in [7, 11) is 0. The summed E-state index contributed by atoms with van der Waals surface area (Å²) in [6, 6.07) is 1.20. The van der Waals surface area contributed by atoms with Gasteiger partial charge in [0.25, 0.3) is 5.91 Å². The highest BCUT2D eigenvalue weighted by atomic mass is 32.1. The minimum absolute atomic E-state index is 0.180. The van der Waals surface area contributed by atoms with E-state index >= 15 is 0 Å². The molecule has 2 heterocycles. The highest BCUT2D eigenvalue weighted by Crippen LogP contribution is 2.40. The maximum atomic E-state index is 12.9. The Hall–Kier alpha value is -1.96. The molecule has 1 aliphatic rings. The van der Waals surface area contributed by atoms with E-state index in [4.69, 9.17) is 0 Å². The number of amides is 1. The lowest BCUT2D eigenvalue weighted by atomic mass is 10.1. The van der Waals surface area contributed by atoms with Crippen molar-refractivity contribution in [3.63, 3.8) is 0 Å². The van der Waals surface area contributed by atoms with Crippen molar-refractivity contribution in [2.75, 3.05) is 0 Å². The average molecular weight is 327 g/mol. The topological polar surface area (TPSA) is 54.9 Å². The van der Waals surface area contributed by atoms with Gasteiger partial charge in [-0.3, -0.25) is 4.79 Å². The third kappa shape index (κ3) is 3.11. The van der Waals surface area contributed by atoms with E-state index in [-0.39, 0.29) is 11.5 Å². The number of halogens is 3. The fourth-order valence-electron chi connectivity index (χ4n) is 2.21. The molecule has 1 N–H and O–H groups in total. The fraction of sp³-hybridized carbons (Fsp3) is 0.357. The highest BCUT2D eigenvalue weighted by Gasteiger charge is 2.39. The smallest absolute Gasteiger partial charge is 0.342 e. The molecule has 2 aromatic heterocycles. The minimum Gasteiger partial charge on any atom is -0.342 e. The summed E-state index contributed by atoms with van der Waals surface area (Å²) < 4.78 is 38.6. The number of thiophene rings is 1. The number of alkyl halides is 3. The van der Waals surface area contributed by atoms with E-state index in [1.54, 1.807) is 18.5 Å². The molecule has 116 valence electrons. The molecule has 2 aromatic rings. The first-order valence-corrected chi connectivity index (χ1v) is 7.62. The second-order valence-corrected chi connectivity index (χ2v) is 5.84. The third-order valence-corrected chi connectivity index (χ3v) is 4.20. The Kier molecular flexibility index (Phi) is 3.86. The number of nitrogens with zero attached hydrogens (tertiary/aromatic N) is 2. The van der Waals surface area contributed by atoms with Crippen LogP contribution in [0.25, 0.3) is 0 Å². The number of hydrogen-bond acceptors (Lipinski definition) is 4. The Morgan fingerprint density at radius 2 is 1.95 bits per heavy atom. The van der Waals surface area contributed by atoms with Crippen LogP contribution in [0.3, 0.4) is 0 Å². The van der Waals surface area contributed by atoms with Crippen LogP contribution in [0.5, 0.6) is 0 Å². The van der Waals surface area contributed by atoms with E-state index < -0.39 is 23.7 Å². The lowest BCUT2D eigenvalue weighted by molar-refractivity contribution is -0.137. The van der Waals surface area contributed by atoms with Crippen molar-refractivity contribution in [1.82, 2.24) is 15.3 Å². The van der Waals surface area contributed by atoms with Crippen LogP contribution in [0.4, 0.5) is 13.2 Å². The molecule has 1 amide bonds. The van der Waals surface area contributed by atoms with Crippen LogP contribution in [-0.4, -0.2) is 15.9 Å². The molecule has 1 unspecified atom stereocenters. The quantitative estimate of drug-likeness (QED) is 0.936. The van der Waals surface area contributed by atoms with Gasteiger partial charge in [-0.2, -0.15) is 24.5 Å². The van der Waals surface area contributed by atoms with Crippen molar-refractivity contribution in [3.8, 4) is 0 Å². The largest absolute Gasteiger partial charge is 0.417 e. The Morgan fingerprint density at radius 3 is 2.55 bits per heavy atom. The molecule has 0 aromatic carbocycles. The van der Waals surface area contributed by atoms with Crippen LogP contribution in [0.1, 0.15) is 40.6 Å². The molecule has 0 aliphatic heterocycles. The molecule has 1 atom stereocenters. The van der Waals surface area contributed by atoms with Gasteiger partial charge in [-0.05, 0) is 24.8 Å². The number of aromatic nitrogens is 2. The molecular formula is C14H12F3N3OS. The van der Waals surface area contributed by atoms with Crippen molar-refractivity contribution < 1.29 is 18.0 Å². The highest BCUT2D eigenvalue weighted by molar-refractivity contribution is 7.08. The lowest BCUT2D eigenvalue weighted by Crippen LogP contribution is -2.32. The maximum absolute atomic E-state index is 12.9. The zero-order valence-corrected chi connectivity index (χ0v) is 12.1. The summed E-state index contributed by atoms with van der Waals surface area (Å²) >= 11 is 0.856. The van der Waals surface area contributed by atoms with E-state index in [0.717, 1.165) is 29.6 Å². The van der Waals surface area contributed by atoms with Gasteiger partial charge in [0.2, 0.25) is 0 Å². The zero-order valence-electron chi connectivity index (χ0n) is 11.3. The molecular weight excluding hydrogens is 315 g/mol. The minimum atomic E-state index is -4.54. The number of carbonyl (C=O) groups is 1. The second-order valence-electron chi connectivity index (χ2n) is 5.09. The summed E-state index contributed by atoms with van der Waals surface area (Å²) in [5, 5.41) is 4.81. The van der Waals surface area contributed by atoms with Gasteiger partial charge in [-0.1, -0.05) is 0 Å². The zero-order chi connectivity index (χ0) is 15.7. The summed E-state index contributed by atoms with van der Waals surface area (Å²) in [5.41, 5.74) is -1.25. The van der Waals surface area contributed by atoms with Crippen molar-refractivity contribution >= 4 is 17.2 Å². The average Bonchev–Trinajstić information content (AvgIpc) is 3.18. The monoisotopic (exact) mass is 327 g/mol. The predicted molar refractivity (Wildman–Crippen MR) is 74.3 cm³/mol. The number of hydrogen-bond donors (Lipinski definition) is 1. The Balaban J connectivity index is 1.82. The van der Waals surface area contributed by atoms with Gasteiger partial charge >= 0.3 is 6.18 Å². The van der Waals surface area contributed by atoms with Crippen LogP contribution in [-0.2, 0) is 6.18 Å². The van der Waals surface area contributed by atoms with Crippen LogP contribution >= 0.6 is 11.3 Å². The standard InChI is InChI=1S/C14H12F3N3OS/c15-14(16,17)10-7-22-6-9(10)13(21)20-11(8-2-3-8)12-18-4-1-5-19-12/h1,4-8,11H,2-3H2,(H,20,21). The van der Waals surface area contributed by atoms with Gasteiger partial charge in [-0.15, -0.1) is 0 Å².